The van der Waals surface area contributed by atoms with Crippen molar-refractivity contribution >= 4 is 17.6 Å². The number of carbonyl (C=O) groups is 2. The van der Waals surface area contributed by atoms with Crippen molar-refractivity contribution in [3.8, 4) is 5.75 Å². The lowest BCUT2D eigenvalue weighted by atomic mass is 10.1. The molecule has 5 heteroatoms. The van der Waals surface area contributed by atoms with Crippen molar-refractivity contribution in [2.45, 2.75) is 19.8 Å². The van der Waals surface area contributed by atoms with Crippen LogP contribution in [0.15, 0.2) is 24.3 Å². The molecule has 1 fully saturated rings. The molecule has 1 N–H and O–H groups in total. The number of rotatable bonds is 5. The topological polar surface area (TPSA) is 66.8 Å². The van der Waals surface area contributed by atoms with Crippen LogP contribution in [-0.2, 0) is 9.59 Å². The van der Waals surface area contributed by atoms with Crippen LogP contribution in [0.5, 0.6) is 5.75 Å². The molecular formula is C14H17NO4. The minimum atomic E-state index is -0.918. The van der Waals surface area contributed by atoms with E-state index in [2.05, 4.69) is 0 Å². The number of hydrogen-bond donors (Lipinski definition) is 1. The van der Waals surface area contributed by atoms with Crippen LogP contribution in [0, 0.1) is 5.92 Å². The molecule has 0 aromatic heterocycles. The van der Waals surface area contributed by atoms with Crippen LogP contribution >= 0.6 is 0 Å². The first-order chi connectivity index (χ1) is 9.11. The highest BCUT2D eigenvalue weighted by Crippen LogP contribution is 2.26. The molecule has 19 heavy (non-hydrogen) atoms. The van der Waals surface area contributed by atoms with Gasteiger partial charge in [0.2, 0.25) is 5.91 Å². The average molecular weight is 263 g/mol. The molecule has 0 saturated carbocycles. The maximum absolute atomic E-state index is 11.8. The predicted octanol–water partition coefficient (Wildman–Crippen LogP) is 1.91. The Morgan fingerprint density at radius 3 is 2.63 bits per heavy atom. The first kappa shape index (κ1) is 13.4. The predicted molar refractivity (Wildman–Crippen MR) is 70.3 cm³/mol. The third kappa shape index (κ3) is 3.05. The van der Waals surface area contributed by atoms with Crippen molar-refractivity contribution in [3.05, 3.63) is 24.3 Å². The Labute approximate surface area is 111 Å². The van der Waals surface area contributed by atoms with E-state index >= 15 is 0 Å². The second-order valence-corrected chi connectivity index (χ2v) is 4.59. The van der Waals surface area contributed by atoms with Gasteiger partial charge >= 0.3 is 5.97 Å². The molecule has 1 aromatic rings. The molecule has 0 unspecified atom stereocenters. The fourth-order valence-electron chi connectivity index (χ4n) is 2.06. The van der Waals surface area contributed by atoms with E-state index in [1.54, 1.807) is 24.3 Å². The smallest absolute Gasteiger partial charge is 0.308 e. The first-order valence-electron chi connectivity index (χ1n) is 6.38. The van der Waals surface area contributed by atoms with Crippen LogP contribution in [0.3, 0.4) is 0 Å². The molecule has 0 aliphatic carbocycles. The maximum atomic E-state index is 11.8. The molecule has 5 nitrogen and oxygen atoms in total. The second-order valence-electron chi connectivity index (χ2n) is 4.59. The Kier molecular flexibility index (Phi) is 4.04. The van der Waals surface area contributed by atoms with Crippen LogP contribution in [-0.4, -0.2) is 30.1 Å². The van der Waals surface area contributed by atoms with E-state index in [4.69, 9.17) is 9.84 Å². The van der Waals surface area contributed by atoms with E-state index in [1.165, 1.54) is 4.90 Å². The zero-order valence-electron chi connectivity index (χ0n) is 10.8. The van der Waals surface area contributed by atoms with Crippen LogP contribution in [0.2, 0.25) is 0 Å². The maximum Gasteiger partial charge on any atom is 0.308 e. The van der Waals surface area contributed by atoms with Gasteiger partial charge in [-0.25, -0.2) is 0 Å². The number of ether oxygens (including phenoxy) is 1. The van der Waals surface area contributed by atoms with Gasteiger partial charge in [-0.2, -0.15) is 0 Å². The standard InChI is InChI=1S/C14H17NO4/c1-2-7-19-12-5-3-11(4-6-12)15-9-10(14(17)18)8-13(15)16/h3-6,10H,2,7-9H2,1H3,(H,17,18)/t10-/m1/s1. The van der Waals surface area contributed by atoms with Gasteiger partial charge in [0.1, 0.15) is 5.75 Å². The Balaban J connectivity index is 2.06. The average Bonchev–Trinajstić information content (AvgIpc) is 2.79. The van der Waals surface area contributed by atoms with Crippen molar-refractivity contribution in [3.63, 3.8) is 0 Å². The monoisotopic (exact) mass is 263 g/mol. The molecule has 102 valence electrons. The van der Waals surface area contributed by atoms with Crippen molar-refractivity contribution in [2.75, 3.05) is 18.1 Å². The number of nitrogens with zero attached hydrogens (tertiary/aromatic N) is 1. The van der Waals surface area contributed by atoms with Crippen molar-refractivity contribution < 1.29 is 19.4 Å². The molecule has 1 saturated heterocycles. The van der Waals surface area contributed by atoms with Crippen LogP contribution in [0.4, 0.5) is 5.69 Å². The summed E-state index contributed by atoms with van der Waals surface area (Å²) in [5, 5.41) is 8.94. The van der Waals surface area contributed by atoms with Crippen molar-refractivity contribution in [1.29, 1.82) is 0 Å². The van der Waals surface area contributed by atoms with Crippen LogP contribution in [0.25, 0.3) is 0 Å². The summed E-state index contributed by atoms with van der Waals surface area (Å²) in [6.07, 6.45) is 1.01. The lowest BCUT2D eigenvalue weighted by Gasteiger charge is -2.16. The molecule has 0 bridgehead atoms. The number of anilines is 1. The van der Waals surface area contributed by atoms with Crippen molar-refractivity contribution in [1.82, 2.24) is 0 Å². The molecular weight excluding hydrogens is 246 g/mol. The fraction of sp³-hybridized carbons (Fsp3) is 0.429. The van der Waals surface area contributed by atoms with Crippen LogP contribution in [0.1, 0.15) is 19.8 Å². The molecule has 1 amide bonds. The zero-order chi connectivity index (χ0) is 13.8. The van der Waals surface area contributed by atoms with Gasteiger partial charge in [-0.3, -0.25) is 9.59 Å². The van der Waals surface area contributed by atoms with E-state index in [1.807, 2.05) is 6.92 Å². The highest BCUT2D eigenvalue weighted by molar-refractivity contribution is 5.99. The number of benzene rings is 1. The minimum absolute atomic E-state index is 0.0728. The van der Waals surface area contributed by atoms with Crippen LogP contribution < -0.4 is 9.64 Å². The van der Waals surface area contributed by atoms with E-state index in [-0.39, 0.29) is 18.9 Å². The highest BCUT2D eigenvalue weighted by Gasteiger charge is 2.34. The molecule has 1 heterocycles. The highest BCUT2D eigenvalue weighted by atomic mass is 16.5. The largest absolute Gasteiger partial charge is 0.494 e. The quantitative estimate of drug-likeness (QED) is 0.881. The number of aliphatic carboxylic acids is 1. The van der Waals surface area contributed by atoms with E-state index < -0.39 is 11.9 Å². The van der Waals surface area contributed by atoms with E-state index in [0.29, 0.717) is 6.61 Å². The third-order valence-electron chi connectivity index (χ3n) is 3.10. The third-order valence-corrected chi connectivity index (χ3v) is 3.10. The lowest BCUT2D eigenvalue weighted by molar-refractivity contribution is -0.141. The summed E-state index contributed by atoms with van der Waals surface area (Å²) in [7, 11) is 0. The van der Waals surface area contributed by atoms with Gasteiger partial charge in [0, 0.05) is 18.7 Å². The fourth-order valence-corrected chi connectivity index (χ4v) is 2.06. The van der Waals surface area contributed by atoms with Gasteiger partial charge in [0.05, 0.1) is 12.5 Å². The summed E-state index contributed by atoms with van der Waals surface area (Å²) in [6, 6.07) is 7.17. The van der Waals surface area contributed by atoms with Gasteiger partial charge in [0.15, 0.2) is 0 Å². The molecule has 0 radical (unpaired) electrons. The summed E-state index contributed by atoms with van der Waals surface area (Å²) in [5.41, 5.74) is 0.720. The van der Waals surface area contributed by atoms with Gasteiger partial charge in [-0.15, -0.1) is 0 Å². The first-order valence-corrected chi connectivity index (χ1v) is 6.38. The normalized spacial score (nSPS) is 18.7. The molecule has 1 aromatic carbocycles. The number of carboxylic acids is 1. The summed E-state index contributed by atoms with van der Waals surface area (Å²) in [4.78, 5) is 24.2. The molecule has 0 spiro atoms. The number of carboxylic acid groups (broad SMARTS) is 1. The van der Waals surface area contributed by atoms with E-state index in [9.17, 15) is 9.59 Å². The summed E-state index contributed by atoms with van der Waals surface area (Å²) in [5.74, 6) is -0.913. The Morgan fingerprint density at radius 1 is 1.42 bits per heavy atom. The van der Waals surface area contributed by atoms with E-state index in [0.717, 1.165) is 17.9 Å². The second kappa shape index (κ2) is 5.73. The lowest BCUT2D eigenvalue weighted by Crippen LogP contribution is -2.25. The number of hydrogen-bond acceptors (Lipinski definition) is 3. The number of amides is 1. The zero-order valence-corrected chi connectivity index (χ0v) is 10.8. The summed E-state index contributed by atoms with van der Waals surface area (Å²) < 4.78 is 5.46. The Hall–Kier alpha value is -2.04. The molecule has 1 aliphatic rings. The van der Waals surface area contributed by atoms with Gasteiger partial charge in [-0.1, -0.05) is 6.92 Å². The SMILES string of the molecule is CCCOc1ccc(N2C[C@H](C(=O)O)CC2=O)cc1. The summed E-state index contributed by atoms with van der Waals surface area (Å²) >= 11 is 0. The van der Waals surface area contributed by atoms with Gasteiger partial charge in [-0.05, 0) is 30.7 Å². The van der Waals surface area contributed by atoms with Gasteiger partial charge in [0.25, 0.3) is 0 Å². The van der Waals surface area contributed by atoms with Gasteiger partial charge < -0.3 is 14.7 Å². The number of carbonyl (C=O) groups excluding carboxylic acids is 1. The Bertz CT molecular complexity index is 469. The molecule has 1 aliphatic heterocycles. The molecule has 2 rings (SSSR count). The molecule has 1 atom stereocenters. The Morgan fingerprint density at radius 2 is 2.11 bits per heavy atom. The van der Waals surface area contributed by atoms with Crippen molar-refractivity contribution in [2.24, 2.45) is 5.92 Å². The minimum Gasteiger partial charge on any atom is -0.494 e. The summed E-state index contributed by atoms with van der Waals surface area (Å²) in [6.45, 7) is 2.93.